The summed E-state index contributed by atoms with van der Waals surface area (Å²) in [5.41, 5.74) is 3.62. The summed E-state index contributed by atoms with van der Waals surface area (Å²) in [7, 11) is 0. The van der Waals surface area contributed by atoms with Gasteiger partial charge in [0.1, 0.15) is 18.1 Å². The number of aryl methyl sites for hydroxylation is 2. The van der Waals surface area contributed by atoms with E-state index in [0.29, 0.717) is 23.1 Å². The number of carbonyl (C=O) groups is 1. The molecular formula is C24H24ClNO3. The first-order valence-corrected chi connectivity index (χ1v) is 9.81. The number of carbonyl (C=O) groups excluding carboxylic acids is 1. The van der Waals surface area contributed by atoms with Crippen LogP contribution >= 0.6 is 11.6 Å². The summed E-state index contributed by atoms with van der Waals surface area (Å²) in [4.78, 5) is 12.5. The van der Waals surface area contributed by atoms with Crippen molar-refractivity contribution >= 4 is 23.2 Å². The highest BCUT2D eigenvalue weighted by Crippen LogP contribution is 2.26. The monoisotopic (exact) mass is 409 g/mol. The van der Waals surface area contributed by atoms with Gasteiger partial charge in [0.2, 0.25) is 0 Å². The van der Waals surface area contributed by atoms with Gasteiger partial charge < -0.3 is 14.8 Å². The molecular weight excluding hydrogens is 386 g/mol. The molecule has 1 amide bonds. The molecule has 0 saturated carbocycles. The average Bonchev–Trinajstić information content (AvgIpc) is 2.72. The van der Waals surface area contributed by atoms with Gasteiger partial charge in [-0.25, -0.2) is 0 Å². The largest absolute Gasteiger partial charge is 0.489 e. The number of amides is 1. The molecule has 29 heavy (non-hydrogen) atoms. The lowest BCUT2D eigenvalue weighted by molar-refractivity contribution is -0.122. The Morgan fingerprint density at radius 1 is 0.966 bits per heavy atom. The van der Waals surface area contributed by atoms with E-state index >= 15 is 0 Å². The zero-order chi connectivity index (χ0) is 20.8. The van der Waals surface area contributed by atoms with Crippen LogP contribution in [-0.2, 0) is 11.4 Å². The summed E-state index contributed by atoms with van der Waals surface area (Å²) < 4.78 is 11.5. The molecule has 0 unspecified atom stereocenters. The van der Waals surface area contributed by atoms with Crippen molar-refractivity contribution in [1.82, 2.24) is 0 Å². The maximum Gasteiger partial charge on any atom is 0.265 e. The van der Waals surface area contributed by atoms with Crippen LogP contribution in [0.4, 0.5) is 5.69 Å². The molecule has 150 valence electrons. The van der Waals surface area contributed by atoms with Crippen molar-refractivity contribution < 1.29 is 14.3 Å². The van der Waals surface area contributed by atoms with E-state index in [0.717, 1.165) is 22.4 Å². The highest BCUT2D eigenvalue weighted by molar-refractivity contribution is 6.32. The predicted molar refractivity (Wildman–Crippen MR) is 117 cm³/mol. The van der Waals surface area contributed by atoms with E-state index in [-0.39, 0.29) is 5.91 Å². The lowest BCUT2D eigenvalue weighted by atomic mass is 10.1. The fourth-order valence-electron chi connectivity index (χ4n) is 2.85. The Hall–Kier alpha value is -2.98. The van der Waals surface area contributed by atoms with Crippen LogP contribution in [0.1, 0.15) is 23.6 Å². The van der Waals surface area contributed by atoms with E-state index in [1.807, 2.05) is 80.6 Å². The molecule has 0 fully saturated rings. The second-order valence-electron chi connectivity index (χ2n) is 6.92. The van der Waals surface area contributed by atoms with E-state index < -0.39 is 6.10 Å². The first-order valence-electron chi connectivity index (χ1n) is 9.43. The molecule has 0 spiro atoms. The van der Waals surface area contributed by atoms with Gasteiger partial charge in [-0.2, -0.15) is 0 Å². The maximum atomic E-state index is 12.5. The Morgan fingerprint density at radius 3 is 2.21 bits per heavy atom. The third kappa shape index (κ3) is 5.75. The number of rotatable bonds is 7. The molecule has 0 aliphatic carbocycles. The minimum Gasteiger partial charge on any atom is -0.489 e. The Bertz CT molecular complexity index is 948. The summed E-state index contributed by atoms with van der Waals surface area (Å²) >= 11 is 6.18. The van der Waals surface area contributed by atoms with Gasteiger partial charge in [0.05, 0.1) is 0 Å². The molecule has 0 heterocycles. The Labute approximate surface area is 176 Å². The summed E-state index contributed by atoms with van der Waals surface area (Å²) in [5.74, 6) is 1.13. The molecule has 1 atom stereocenters. The quantitative estimate of drug-likeness (QED) is 0.525. The van der Waals surface area contributed by atoms with Crippen LogP contribution in [0, 0.1) is 13.8 Å². The molecule has 1 N–H and O–H groups in total. The van der Waals surface area contributed by atoms with Crippen molar-refractivity contribution in [2.24, 2.45) is 0 Å². The van der Waals surface area contributed by atoms with E-state index in [2.05, 4.69) is 5.32 Å². The minimum absolute atomic E-state index is 0.229. The van der Waals surface area contributed by atoms with Gasteiger partial charge >= 0.3 is 0 Å². The lowest BCUT2D eigenvalue weighted by Gasteiger charge is -2.16. The molecule has 0 aromatic heterocycles. The van der Waals surface area contributed by atoms with E-state index in [4.69, 9.17) is 21.1 Å². The van der Waals surface area contributed by atoms with E-state index in [1.165, 1.54) is 0 Å². The smallest absolute Gasteiger partial charge is 0.265 e. The SMILES string of the molecule is Cc1cc(O[C@@H](C)C(=O)Nc2ccc(OCc3ccccc3)cc2)cc(C)c1Cl. The van der Waals surface area contributed by atoms with Crippen molar-refractivity contribution in [3.63, 3.8) is 0 Å². The zero-order valence-electron chi connectivity index (χ0n) is 16.7. The number of halogens is 1. The first-order chi connectivity index (χ1) is 13.9. The number of anilines is 1. The van der Waals surface area contributed by atoms with Crippen LogP contribution in [0.25, 0.3) is 0 Å². The van der Waals surface area contributed by atoms with Crippen LogP contribution in [0.5, 0.6) is 11.5 Å². The molecule has 3 rings (SSSR count). The van der Waals surface area contributed by atoms with E-state index in [1.54, 1.807) is 6.92 Å². The first kappa shape index (κ1) is 20.7. The third-order valence-electron chi connectivity index (χ3n) is 4.46. The fraction of sp³-hybridized carbons (Fsp3) is 0.208. The Morgan fingerprint density at radius 2 is 1.59 bits per heavy atom. The third-order valence-corrected chi connectivity index (χ3v) is 5.06. The number of nitrogens with one attached hydrogen (secondary N) is 1. The van der Waals surface area contributed by atoms with Crippen LogP contribution < -0.4 is 14.8 Å². The second kappa shape index (κ2) is 9.48. The summed E-state index contributed by atoms with van der Waals surface area (Å²) in [6.07, 6.45) is -0.649. The molecule has 0 bridgehead atoms. The zero-order valence-corrected chi connectivity index (χ0v) is 17.5. The second-order valence-corrected chi connectivity index (χ2v) is 7.30. The van der Waals surface area contributed by atoms with Crippen LogP contribution in [-0.4, -0.2) is 12.0 Å². The maximum absolute atomic E-state index is 12.5. The molecule has 5 heteroatoms. The van der Waals surface area contributed by atoms with Crippen LogP contribution in [0.2, 0.25) is 5.02 Å². The van der Waals surface area contributed by atoms with Gasteiger partial charge in [-0.15, -0.1) is 0 Å². The highest BCUT2D eigenvalue weighted by Gasteiger charge is 2.16. The summed E-state index contributed by atoms with van der Waals surface area (Å²) in [6.45, 7) is 6.03. The Kier molecular flexibility index (Phi) is 6.78. The van der Waals surface area contributed by atoms with E-state index in [9.17, 15) is 4.79 Å². The van der Waals surface area contributed by atoms with Gasteiger partial charge in [-0.3, -0.25) is 4.79 Å². The highest BCUT2D eigenvalue weighted by atomic mass is 35.5. The summed E-state index contributed by atoms with van der Waals surface area (Å²) in [6, 6.07) is 20.9. The molecule has 3 aromatic carbocycles. The fourth-order valence-corrected chi connectivity index (χ4v) is 2.96. The Balaban J connectivity index is 1.54. The van der Waals surface area contributed by atoms with Crippen molar-refractivity contribution in [2.75, 3.05) is 5.32 Å². The summed E-state index contributed by atoms with van der Waals surface area (Å²) in [5, 5.41) is 3.57. The van der Waals surface area contributed by atoms with Crippen LogP contribution in [0.15, 0.2) is 66.7 Å². The number of benzene rings is 3. The van der Waals surface area contributed by atoms with Gasteiger partial charge in [-0.05, 0) is 73.9 Å². The predicted octanol–water partition coefficient (Wildman–Crippen LogP) is 5.94. The molecule has 3 aromatic rings. The standard InChI is InChI=1S/C24H24ClNO3/c1-16-13-22(14-17(2)23(16)25)29-18(3)24(27)26-20-9-11-21(12-10-20)28-15-19-7-5-4-6-8-19/h4-14,18H,15H2,1-3H3,(H,26,27)/t18-/m0/s1. The van der Waals surface area contributed by atoms with Gasteiger partial charge in [0.15, 0.2) is 6.10 Å². The molecule has 0 saturated heterocycles. The minimum atomic E-state index is -0.649. The average molecular weight is 410 g/mol. The number of hydrogen-bond acceptors (Lipinski definition) is 3. The van der Waals surface area contributed by atoms with Gasteiger partial charge in [0.25, 0.3) is 5.91 Å². The topological polar surface area (TPSA) is 47.6 Å². The normalized spacial score (nSPS) is 11.6. The number of hydrogen-bond donors (Lipinski definition) is 1. The van der Waals surface area contributed by atoms with Gasteiger partial charge in [-0.1, -0.05) is 41.9 Å². The van der Waals surface area contributed by atoms with Gasteiger partial charge in [0, 0.05) is 10.7 Å². The van der Waals surface area contributed by atoms with Crippen molar-refractivity contribution in [1.29, 1.82) is 0 Å². The van der Waals surface area contributed by atoms with Crippen molar-refractivity contribution in [2.45, 2.75) is 33.5 Å². The lowest BCUT2D eigenvalue weighted by Crippen LogP contribution is -2.30. The molecule has 0 aliphatic heterocycles. The van der Waals surface area contributed by atoms with Crippen LogP contribution in [0.3, 0.4) is 0 Å². The molecule has 4 nitrogen and oxygen atoms in total. The van der Waals surface area contributed by atoms with Crippen molar-refractivity contribution in [3.8, 4) is 11.5 Å². The molecule has 0 aliphatic rings. The van der Waals surface area contributed by atoms with Crippen molar-refractivity contribution in [3.05, 3.63) is 88.4 Å². The molecule has 0 radical (unpaired) electrons. The number of ether oxygens (including phenoxy) is 2.